The largest absolute Gasteiger partial charge is 0.489 e. The molecular formula is C27H23NO5. The van der Waals surface area contributed by atoms with Crippen molar-refractivity contribution < 1.29 is 19.4 Å². The van der Waals surface area contributed by atoms with E-state index in [-0.39, 0.29) is 24.7 Å². The van der Waals surface area contributed by atoms with E-state index < -0.39 is 17.8 Å². The van der Waals surface area contributed by atoms with Crippen molar-refractivity contribution in [3.8, 4) is 5.75 Å². The van der Waals surface area contributed by atoms with E-state index >= 15 is 0 Å². The predicted molar refractivity (Wildman–Crippen MR) is 124 cm³/mol. The minimum atomic E-state index is -1.23. The highest BCUT2D eigenvalue weighted by Crippen LogP contribution is 2.24. The van der Waals surface area contributed by atoms with Gasteiger partial charge in [0.1, 0.15) is 25.1 Å². The van der Waals surface area contributed by atoms with Crippen molar-refractivity contribution in [3.05, 3.63) is 136 Å². The fraction of sp³-hybridized carbons (Fsp3) is 0.111. The first-order chi connectivity index (χ1) is 16.1. The van der Waals surface area contributed by atoms with Gasteiger partial charge in [-0.1, -0.05) is 91.0 Å². The second kappa shape index (κ2) is 10.4. The van der Waals surface area contributed by atoms with Crippen molar-refractivity contribution in [2.45, 2.75) is 19.3 Å². The average Bonchev–Trinajstić information content (AvgIpc) is 2.87. The molecule has 6 heteroatoms. The molecule has 0 saturated carbocycles. The van der Waals surface area contributed by atoms with Crippen molar-refractivity contribution in [2.75, 3.05) is 0 Å². The number of ether oxygens (including phenoxy) is 2. The summed E-state index contributed by atoms with van der Waals surface area (Å²) in [6.45, 7) is 0.239. The smallest absolute Gasteiger partial charge is 0.421 e. The third-order valence-electron chi connectivity index (χ3n) is 5.07. The van der Waals surface area contributed by atoms with Crippen molar-refractivity contribution in [1.82, 2.24) is 4.57 Å². The molecule has 3 aromatic carbocycles. The van der Waals surface area contributed by atoms with Gasteiger partial charge < -0.3 is 14.6 Å². The highest BCUT2D eigenvalue weighted by atomic mass is 16.5. The summed E-state index contributed by atoms with van der Waals surface area (Å²) in [5, 5.41) is 11.0. The molecule has 166 valence electrons. The molecule has 0 aliphatic heterocycles. The lowest BCUT2D eigenvalue weighted by Crippen LogP contribution is -2.31. The molecule has 6 nitrogen and oxygen atoms in total. The van der Waals surface area contributed by atoms with Crippen LogP contribution < -0.4 is 10.3 Å². The number of aliphatic hydroxyl groups excluding tert-OH is 1. The van der Waals surface area contributed by atoms with E-state index in [9.17, 15) is 14.7 Å². The number of carbonyl (C=O) groups is 1. The van der Waals surface area contributed by atoms with Gasteiger partial charge in [-0.15, -0.1) is 0 Å². The van der Waals surface area contributed by atoms with Crippen LogP contribution in [0.15, 0.2) is 108 Å². The molecule has 4 aromatic rings. The number of carbonyl (C=O) groups excluding carboxylic acids is 1. The van der Waals surface area contributed by atoms with Gasteiger partial charge in [0, 0.05) is 12.1 Å². The monoisotopic (exact) mass is 441 g/mol. The lowest BCUT2D eigenvalue weighted by molar-refractivity contribution is 0.134. The second-order valence-electron chi connectivity index (χ2n) is 7.42. The average molecular weight is 441 g/mol. The zero-order valence-electron chi connectivity index (χ0n) is 17.8. The van der Waals surface area contributed by atoms with E-state index in [0.717, 1.165) is 15.7 Å². The van der Waals surface area contributed by atoms with Crippen molar-refractivity contribution in [1.29, 1.82) is 0 Å². The number of aliphatic hydroxyl groups is 1. The predicted octanol–water partition coefficient (Wildman–Crippen LogP) is 4.69. The lowest BCUT2D eigenvalue weighted by atomic mass is 10.1. The van der Waals surface area contributed by atoms with Gasteiger partial charge in [-0.05, 0) is 16.7 Å². The summed E-state index contributed by atoms with van der Waals surface area (Å²) >= 11 is 0. The molecule has 0 fully saturated rings. The van der Waals surface area contributed by atoms with Gasteiger partial charge >= 0.3 is 6.09 Å². The molecule has 1 unspecified atom stereocenters. The van der Waals surface area contributed by atoms with E-state index in [4.69, 9.17) is 9.47 Å². The minimum Gasteiger partial charge on any atom is -0.489 e. The van der Waals surface area contributed by atoms with E-state index in [1.54, 1.807) is 24.3 Å². The maximum absolute atomic E-state index is 12.9. The summed E-state index contributed by atoms with van der Waals surface area (Å²) in [5.41, 5.74) is 1.65. The topological polar surface area (TPSA) is 77.8 Å². The third kappa shape index (κ3) is 5.56. The molecule has 0 spiro atoms. The Bertz CT molecular complexity index is 1250. The van der Waals surface area contributed by atoms with Crippen LogP contribution in [0, 0.1) is 0 Å². The Morgan fingerprint density at radius 2 is 1.33 bits per heavy atom. The maximum atomic E-state index is 12.9. The standard InChI is InChI=1S/C27H23NO5/c29-25-17-23(32-18-20-10-4-1-5-11-20)16-24(26(30)22-14-8-3-9-15-22)28(25)27(31)33-19-21-12-6-2-7-13-21/h1-17,26,30H,18-19H2. The quantitative estimate of drug-likeness (QED) is 0.450. The van der Waals surface area contributed by atoms with Crippen molar-refractivity contribution >= 4 is 6.09 Å². The number of aromatic nitrogens is 1. The fourth-order valence-corrected chi connectivity index (χ4v) is 3.38. The van der Waals surface area contributed by atoms with Crippen LogP contribution in [0.5, 0.6) is 5.75 Å². The Morgan fingerprint density at radius 1 is 0.788 bits per heavy atom. The van der Waals surface area contributed by atoms with Crippen LogP contribution in [-0.2, 0) is 18.0 Å². The molecule has 1 aromatic heterocycles. The summed E-state index contributed by atoms with van der Waals surface area (Å²) in [7, 11) is 0. The molecule has 0 amide bonds. The van der Waals surface area contributed by atoms with Gasteiger partial charge in [0.25, 0.3) is 5.56 Å². The Kier molecular flexibility index (Phi) is 6.97. The molecule has 0 aliphatic rings. The third-order valence-corrected chi connectivity index (χ3v) is 5.07. The molecule has 33 heavy (non-hydrogen) atoms. The Hall–Kier alpha value is -4.16. The minimum absolute atomic E-state index is 0.000750. The van der Waals surface area contributed by atoms with Crippen LogP contribution >= 0.6 is 0 Å². The first kappa shape index (κ1) is 22.0. The van der Waals surface area contributed by atoms with Gasteiger partial charge in [0.05, 0.1) is 5.69 Å². The number of hydrogen-bond acceptors (Lipinski definition) is 5. The molecule has 0 bridgehead atoms. The number of rotatable bonds is 7. The fourth-order valence-electron chi connectivity index (χ4n) is 3.38. The summed E-state index contributed by atoms with van der Waals surface area (Å²) < 4.78 is 12.0. The maximum Gasteiger partial charge on any atom is 0.421 e. The van der Waals surface area contributed by atoms with Crippen LogP contribution in [-0.4, -0.2) is 15.8 Å². The first-order valence-electron chi connectivity index (χ1n) is 10.5. The van der Waals surface area contributed by atoms with Crippen LogP contribution in [0.25, 0.3) is 0 Å². The van der Waals surface area contributed by atoms with E-state index in [0.29, 0.717) is 5.56 Å². The molecule has 1 N–H and O–H groups in total. The van der Waals surface area contributed by atoms with E-state index in [2.05, 4.69) is 0 Å². The van der Waals surface area contributed by atoms with Crippen LogP contribution in [0.2, 0.25) is 0 Å². The van der Waals surface area contributed by atoms with Crippen molar-refractivity contribution in [2.24, 2.45) is 0 Å². The normalized spacial score (nSPS) is 11.5. The number of benzene rings is 3. The Labute approximate surface area is 191 Å². The van der Waals surface area contributed by atoms with Gasteiger partial charge in [-0.3, -0.25) is 4.79 Å². The van der Waals surface area contributed by atoms with Gasteiger partial charge in [0.15, 0.2) is 0 Å². The summed E-state index contributed by atoms with van der Waals surface area (Å²) in [5.74, 6) is 0.251. The molecule has 0 radical (unpaired) electrons. The summed E-state index contributed by atoms with van der Waals surface area (Å²) in [4.78, 5) is 25.8. The van der Waals surface area contributed by atoms with E-state index in [1.165, 1.54) is 12.1 Å². The number of hydrogen-bond donors (Lipinski definition) is 1. The molecule has 1 heterocycles. The number of pyridine rings is 1. The molecule has 1 atom stereocenters. The van der Waals surface area contributed by atoms with E-state index in [1.807, 2.05) is 66.7 Å². The lowest BCUT2D eigenvalue weighted by Gasteiger charge is -2.18. The second-order valence-corrected chi connectivity index (χ2v) is 7.42. The molecule has 0 saturated heterocycles. The van der Waals surface area contributed by atoms with Gasteiger partial charge in [-0.25, -0.2) is 9.36 Å². The first-order valence-corrected chi connectivity index (χ1v) is 10.5. The van der Waals surface area contributed by atoms with Gasteiger partial charge in [-0.2, -0.15) is 0 Å². The highest BCUT2D eigenvalue weighted by Gasteiger charge is 2.22. The summed E-state index contributed by atoms with van der Waals surface area (Å²) in [6.07, 6.45) is -2.10. The van der Waals surface area contributed by atoms with Gasteiger partial charge in [0.2, 0.25) is 0 Å². The molecule has 4 rings (SSSR count). The molecular weight excluding hydrogens is 418 g/mol. The molecule has 0 aliphatic carbocycles. The van der Waals surface area contributed by atoms with Crippen LogP contribution in [0.1, 0.15) is 28.5 Å². The SMILES string of the molecule is O=C(OCc1ccccc1)n1c(C(O)c2ccccc2)cc(OCc2ccccc2)cc1=O. The zero-order chi connectivity index (χ0) is 23.0. The Balaban J connectivity index is 1.65. The highest BCUT2D eigenvalue weighted by molar-refractivity contribution is 5.72. The van der Waals surface area contributed by atoms with Crippen molar-refractivity contribution in [3.63, 3.8) is 0 Å². The summed E-state index contributed by atoms with van der Waals surface area (Å²) in [6, 6.07) is 30.1. The zero-order valence-corrected chi connectivity index (χ0v) is 17.8. The Morgan fingerprint density at radius 3 is 1.94 bits per heavy atom. The van der Waals surface area contributed by atoms with Crippen LogP contribution in [0.3, 0.4) is 0 Å². The van der Waals surface area contributed by atoms with Crippen LogP contribution in [0.4, 0.5) is 4.79 Å². The number of nitrogens with zero attached hydrogens (tertiary/aromatic N) is 1.